The van der Waals surface area contributed by atoms with E-state index >= 15 is 0 Å². The first-order valence-corrected chi connectivity index (χ1v) is 3.76. The predicted octanol–water partition coefficient (Wildman–Crippen LogP) is -0.681. The van der Waals surface area contributed by atoms with Crippen LogP contribution in [0.15, 0.2) is 0 Å². The summed E-state index contributed by atoms with van der Waals surface area (Å²) in [4.78, 5) is 9.78. The van der Waals surface area contributed by atoms with Gasteiger partial charge in [-0.1, -0.05) is 0 Å². The highest BCUT2D eigenvalue weighted by atomic mass is 31.1. The number of nitrogens with two attached hydrogens (primary N) is 1. The van der Waals surface area contributed by atoms with E-state index in [1.165, 1.54) is 0 Å². The maximum atomic E-state index is 10.1. The molecule has 1 unspecified atom stereocenters. The van der Waals surface area contributed by atoms with Crippen LogP contribution in [-0.2, 0) is 9.36 Å². The van der Waals surface area contributed by atoms with Crippen molar-refractivity contribution in [2.45, 2.75) is 0 Å². The molecule has 0 heterocycles. The van der Waals surface area contributed by atoms with E-state index in [1.807, 2.05) is 0 Å². The van der Waals surface area contributed by atoms with Crippen LogP contribution in [0, 0.1) is 0 Å². The molecule has 0 amide bonds. The molecule has 0 saturated carbocycles. The lowest BCUT2D eigenvalue weighted by Crippen LogP contribution is -2.22. The molecule has 0 aromatic heterocycles. The van der Waals surface area contributed by atoms with Crippen LogP contribution in [-0.4, -0.2) is 23.9 Å². The normalized spacial score (nSPS) is 11.0. The molecule has 4 N–H and O–H groups in total. The van der Waals surface area contributed by atoms with Gasteiger partial charge in [0.25, 0.3) is 0 Å². The van der Waals surface area contributed by atoms with Crippen molar-refractivity contribution in [2.24, 2.45) is 5.50 Å². The molecule has 9 heavy (non-hydrogen) atoms. The van der Waals surface area contributed by atoms with Gasteiger partial charge < -0.3 is 5.11 Å². The smallest absolute Gasteiger partial charge is 0.445 e. The van der Waals surface area contributed by atoms with Gasteiger partial charge in [0.2, 0.25) is 6.29 Å². The molecule has 0 radical (unpaired) electrons. The summed E-state index contributed by atoms with van der Waals surface area (Å²) in [5.41, 5.74) is 4.83. The largest absolute Gasteiger partial charge is 0.480 e. The molecule has 6 heteroatoms. The van der Waals surface area contributed by atoms with Crippen LogP contribution in [0.25, 0.3) is 0 Å². The Morgan fingerprint density at radius 2 is 2.33 bits per heavy atom. The summed E-state index contributed by atoms with van der Waals surface area (Å²) in [6.07, 6.45) is 0.0572. The Labute approximate surface area is 53.1 Å². The second kappa shape index (κ2) is 4.38. The molecule has 1 atom stereocenters. The molecule has 52 valence electrons. The lowest BCUT2D eigenvalue weighted by Gasteiger charge is -1.87. The maximum absolute atomic E-state index is 10.1. The third-order valence-corrected chi connectivity index (χ3v) is 1.08. The van der Waals surface area contributed by atoms with Crippen molar-refractivity contribution in [3.8, 4) is 0 Å². The zero-order valence-corrected chi connectivity index (χ0v) is 5.60. The summed E-state index contributed by atoms with van der Waals surface area (Å²) in [5.74, 6) is -0.980. The minimum Gasteiger partial charge on any atom is -0.480 e. The first-order chi connectivity index (χ1) is 4.13. The lowest BCUT2D eigenvalue weighted by atomic mass is 10.7. The number of carboxylic acids is 1. The van der Waals surface area contributed by atoms with E-state index in [-0.39, 0.29) is 12.8 Å². The van der Waals surface area contributed by atoms with Crippen LogP contribution in [0.4, 0.5) is 0 Å². The van der Waals surface area contributed by atoms with E-state index in [4.69, 9.17) is 10.6 Å². The Balaban J connectivity index is 3.10. The van der Waals surface area contributed by atoms with Gasteiger partial charge in [0.05, 0.1) is 6.54 Å². The summed E-state index contributed by atoms with van der Waals surface area (Å²) in [6.45, 7) is -0.196. The summed E-state index contributed by atoms with van der Waals surface area (Å²) in [7, 11) is -1.76. The molecular formula is C3H8N2O3P+. The SMILES string of the molecule is N[P+](=O)CNCC(=O)O. The first-order valence-electron chi connectivity index (χ1n) is 2.25. The minimum atomic E-state index is -1.76. The zero-order valence-electron chi connectivity index (χ0n) is 4.70. The van der Waals surface area contributed by atoms with Crippen LogP contribution in [0.3, 0.4) is 0 Å². The van der Waals surface area contributed by atoms with Gasteiger partial charge in [-0.05, 0) is 4.57 Å². The Morgan fingerprint density at radius 3 is 2.67 bits per heavy atom. The number of hydrogen-bond donors (Lipinski definition) is 3. The summed E-state index contributed by atoms with van der Waals surface area (Å²) in [5, 5.41) is 10.4. The predicted molar refractivity (Wildman–Crippen MR) is 32.3 cm³/mol. The highest BCUT2D eigenvalue weighted by Crippen LogP contribution is 2.01. The van der Waals surface area contributed by atoms with E-state index in [0.717, 1.165) is 0 Å². The van der Waals surface area contributed by atoms with Crippen molar-refractivity contribution in [2.75, 3.05) is 12.8 Å². The Bertz CT molecular complexity index is 112. The quantitative estimate of drug-likeness (QED) is 0.463. The monoisotopic (exact) mass is 151 g/mol. The number of rotatable bonds is 4. The fraction of sp³-hybridized carbons (Fsp3) is 0.667. The van der Waals surface area contributed by atoms with Crippen molar-refractivity contribution in [3.05, 3.63) is 0 Å². The Morgan fingerprint density at radius 1 is 1.78 bits per heavy atom. The van der Waals surface area contributed by atoms with Gasteiger partial charge in [0, 0.05) is 0 Å². The molecular weight excluding hydrogens is 143 g/mol. The fourth-order valence-electron chi connectivity index (χ4n) is 0.273. The van der Waals surface area contributed by atoms with E-state index in [1.54, 1.807) is 0 Å². The number of nitrogens with one attached hydrogen (secondary N) is 1. The second-order valence-electron chi connectivity index (χ2n) is 1.40. The van der Waals surface area contributed by atoms with Crippen molar-refractivity contribution in [1.82, 2.24) is 5.32 Å². The van der Waals surface area contributed by atoms with E-state index < -0.39 is 13.9 Å². The molecule has 0 rings (SSSR count). The molecule has 0 aromatic rings. The summed E-state index contributed by atoms with van der Waals surface area (Å²) >= 11 is 0. The lowest BCUT2D eigenvalue weighted by molar-refractivity contribution is -0.135. The van der Waals surface area contributed by atoms with Crippen molar-refractivity contribution in [1.29, 1.82) is 0 Å². The summed E-state index contributed by atoms with van der Waals surface area (Å²) < 4.78 is 10.1. The van der Waals surface area contributed by atoms with Gasteiger partial charge in [-0.3, -0.25) is 10.1 Å². The van der Waals surface area contributed by atoms with Gasteiger partial charge in [-0.2, -0.15) is 0 Å². The third kappa shape index (κ3) is 7.49. The third-order valence-electron chi connectivity index (χ3n) is 0.544. The maximum Gasteiger partial charge on any atom is 0.445 e. The van der Waals surface area contributed by atoms with Gasteiger partial charge >= 0.3 is 13.9 Å². The van der Waals surface area contributed by atoms with Gasteiger partial charge in [-0.25, -0.2) is 0 Å². The number of carboxylic acid groups (broad SMARTS) is 1. The minimum absolute atomic E-state index is 0.0572. The van der Waals surface area contributed by atoms with Crippen LogP contribution < -0.4 is 10.8 Å². The second-order valence-corrected chi connectivity index (χ2v) is 2.55. The van der Waals surface area contributed by atoms with Crippen LogP contribution in [0.1, 0.15) is 0 Å². The van der Waals surface area contributed by atoms with Gasteiger partial charge in [0.15, 0.2) is 0 Å². The highest BCUT2D eigenvalue weighted by molar-refractivity contribution is 7.41. The molecule has 0 saturated heterocycles. The molecule has 0 aromatic carbocycles. The van der Waals surface area contributed by atoms with Crippen molar-refractivity contribution in [3.63, 3.8) is 0 Å². The fourth-order valence-corrected chi connectivity index (χ4v) is 0.605. The Hall–Kier alpha value is -0.510. The van der Waals surface area contributed by atoms with Crippen LogP contribution in [0.5, 0.6) is 0 Å². The summed E-state index contributed by atoms with van der Waals surface area (Å²) in [6, 6.07) is 0. The molecule has 0 aliphatic carbocycles. The highest BCUT2D eigenvalue weighted by Gasteiger charge is 2.05. The van der Waals surface area contributed by atoms with Crippen LogP contribution >= 0.6 is 7.95 Å². The van der Waals surface area contributed by atoms with E-state index in [9.17, 15) is 9.36 Å². The average molecular weight is 151 g/mol. The standard InChI is InChI=1S/C3H7N2O3P/c4-9(8)2-5-1-3(6)7/h5H,1-2H2,(H2-,4,6,7,8)/p+1. The van der Waals surface area contributed by atoms with E-state index in [0.29, 0.717) is 0 Å². The number of aliphatic carboxylic acids is 1. The average Bonchev–Trinajstić information content (AvgIpc) is 1.63. The molecule has 0 bridgehead atoms. The first kappa shape index (κ1) is 8.49. The Kier molecular flexibility index (Phi) is 4.13. The van der Waals surface area contributed by atoms with Crippen LogP contribution in [0.2, 0.25) is 0 Å². The van der Waals surface area contributed by atoms with E-state index in [2.05, 4.69) is 5.32 Å². The van der Waals surface area contributed by atoms with Gasteiger partial charge in [-0.15, -0.1) is 5.50 Å². The zero-order chi connectivity index (χ0) is 7.28. The molecule has 0 fully saturated rings. The molecule has 0 spiro atoms. The van der Waals surface area contributed by atoms with Crippen molar-refractivity contribution >= 4 is 13.9 Å². The van der Waals surface area contributed by atoms with Crippen molar-refractivity contribution < 1.29 is 14.5 Å². The van der Waals surface area contributed by atoms with Gasteiger partial charge in [0.1, 0.15) is 0 Å². The molecule has 0 aliphatic heterocycles. The number of hydrogen-bond acceptors (Lipinski definition) is 3. The topological polar surface area (TPSA) is 92.4 Å². The number of carbonyl (C=O) groups is 1. The molecule has 0 aliphatic rings. The molecule has 5 nitrogen and oxygen atoms in total.